The van der Waals surface area contributed by atoms with Crippen LogP contribution in [0.15, 0.2) is 60.7 Å². The largest absolute Gasteiger partial charge is 0.385 e. The molecule has 160 valence electrons. The van der Waals surface area contributed by atoms with Gasteiger partial charge in [-0.05, 0) is 60.5 Å². The smallest absolute Gasteiger partial charge is 0.0475 e. The molecule has 2 aromatic carbocycles. The zero-order chi connectivity index (χ0) is 21.0. The SMILES string of the molecule is COCCC(C)(Cc1ccccc1)SSSC(C)(CCOC)Cc1ccccc1. The molecule has 2 aromatic rings. The van der Waals surface area contributed by atoms with Crippen molar-refractivity contribution in [1.29, 1.82) is 0 Å². The lowest BCUT2D eigenvalue weighted by Crippen LogP contribution is -2.26. The quantitative estimate of drug-likeness (QED) is 0.285. The summed E-state index contributed by atoms with van der Waals surface area (Å²) in [5, 5.41) is 0. The van der Waals surface area contributed by atoms with Crippen molar-refractivity contribution in [2.75, 3.05) is 27.4 Å². The van der Waals surface area contributed by atoms with Crippen molar-refractivity contribution in [2.24, 2.45) is 0 Å². The monoisotopic (exact) mass is 450 g/mol. The maximum Gasteiger partial charge on any atom is 0.0475 e. The van der Waals surface area contributed by atoms with Gasteiger partial charge in [0, 0.05) is 36.9 Å². The predicted octanol–water partition coefficient (Wildman–Crippen LogP) is 7.09. The van der Waals surface area contributed by atoms with Crippen LogP contribution < -0.4 is 0 Å². The minimum absolute atomic E-state index is 0.129. The van der Waals surface area contributed by atoms with Crippen LogP contribution in [0.5, 0.6) is 0 Å². The van der Waals surface area contributed by atoms with Gasteiger partial charge in [0.05, 0.1) is 0 Å². The van der Waals surface area contributed by atoms with Crippen molar-refractivity contribution >= 4 is 31.4 Å². The van der Waals surface area contributed by atoms with Crippen LogP contribution >= 0.6 is 31.4 Å². The first-order valence-electron chi connectivity index (χ1n) is 10.1. The van der Waals surface area contributed by atoms with Crippen molar-refractivity contribution in [2.45, 2.75) is 49.0 Å². The van der Waals surface area contributed by atoms with Gasteiger partial charge in [0.15, 0.2) is 0 Å². The van der Waals surface area contributed by atoms with Gasteiger partial charge in [-0.15, -0.1) is 0 Å². The van der Waals surface area contributed by atoms with E-state index >= 15 is 0 Å². The number of rotatable bonds is 14. The molecule has 2 atom stereocenters. The molecule has 0 fully saturated rings. The van der Waals surface area contributed by atoms with Gasteiger partial charge in [-0.1, -0.05) is 82.3 Å². The van der Waals surface area contributed by atoms with Crippen molar-refractivity contribution in [3.63, 3.8) is 0 Å². The topological polar surface area (TPSA) is 18.5 Å². The Hall–Kier alpha value is -0.590. The molecule has 0 aliphatic heterocycles. The summed E-state index contributed by atoms with van der Waals surface area (Å²) < 4.78 is 11.1. The lowest BCUT2D eigenvalue weighted by molar-refractivity contribution is 0.185. The molecule has 0 aliphatic rings. The van der Waals surface area contributed by atoms with Crippen molar-refractivity contribution in [3.05, 3.63) is 71.8 Å². The van der Waals surface area contributed by atoms with Gasteiger partial charge in [0.1, 0.15) is 0 Å². The normalized spacial score (nSPS) is 15.6. The Morgan fingerprint density at radius 1 is 0.655 bits per heavy atom. The van der Waals surface area contributed by atoms with Gasteiger partial charge >= 0.3 is 0 Å². The molecule has 5 heteroatoms. The highest BCUT2D eigenvalue weighted by Crippen LogP contribution is 2.52. The minimum Gasteiger partial charge on any atom is -0.385 e. The second-order valence-corrected chi connectivity index (χ2v) is 13.0. The van der Waals surface area contributed by atoms with Crippen LogP contribution in [-0.4, -0.2) is 36.9 Å². The number of ether oxygens (including phenoxy) is 2. The molecule has 0 saturated heterocycles. The molecule has 0 saturated carbocycles. The van der Waals surface area contributed by atoms with Gasteiger partial charge in [0.2, 0.25) is 0 Å². The van der Waals surface area contributed by atoms with Crippen LogP contribution in [0.1, 0.15) is 37.8 Å². The average molecular weight is 451 g/mol. The maximum atomic E-state index is 5.41. The summed E-state index contributed by atoms with van der Waals surface area (Å²) in [4.78, 5) is 0. The lowest BCUT2D eigenvalue weighted by atomic mass is 9.97. The van der Waals surface area contributed by atoms with E-state index in [1.165, 1.54) is 11.1 Å². The van der Waals surface area contributed by atoms with E-state index in [2.05, 4.69) is 74.5 Å². The van der Waals surface area contributed by atoms with E-state index in [9.17, 15) is 0 Å². The first-order valence-corrected chi connectivity index (χ1v) is 13.6. The third-order valence-corrected chi connectivity index (χ3v) is 10.7. The molecule has 0 spiro atoms. The van der Waals surface area contributed by atoms with Crippen molar-refractivity contribution < 1.29 is 9.47 Å². The number of methoxy groups -OCH3 is 2. The molecule has 0 aromatic heterocycles. The van der Waals surface area contributed by atoms with E-state index in [0.29, 0.717) is 0 Å². The third-order valence-electron chi connectivity index (χ3n) is 4.98. The fourth-order valence-electron chi connectivity index (χ4n) is 3.19. The Morgan fingerprint density at radius 2 is 1.03 bits per heavy atom. The first-order chi connectivity index (χ1) is 14.0. The molecule has 0 aliphatic carbocycles. The molecular formula is C24H34O2S3. The van der Waals surface area contributed by atoms with Gasteiger partial charge in [-0.3, -0.25) is 0 Å². The van der Waals surface area contributed by atoms with Crippen LogP contribution in [0.4, 0.5) is 0 Å². The van der Waals surface area contributed by atoms with Gasteiger partial charge in [-0.25, -0.2) is 0 Å². The van der Waals surface area contributed by atoms with Gasteiger partial charge < -0.3 is 9.47 Å². The van der Waals surface area contributed by atoms with Gasteiger partial charge in [0.25, 0.3) is 0 Å². The van der Waals surface area contributed by atoms with E-state index in [1.54, 1.807) is 14.2 Å². The standard InChI is InChI=1S/C24H34O2S3/c1-23(15-17-25-3,19-21-11-7-5-8-12-21)27-29-28-24(2,16-18-26-4)20-22-13-9-6-10-14-22/h5-14H,15-20H2,1-4H3. The first kappa shape index (κ1) is 24.7. The third kappa shape index (κ3) is 9.39. The van der Waals surface area contributed by atoms with Crippen molar-refractivity contribution in [1.82, 2.24) is 0 Å². The fraction of sp³-hybridized carbons (Fsp3) is 0.500. The summed E-state index contributed by atoms with van der Waals surface area (Å²) in [7, 11) is 9.48. The Bertz CT molecular complexity index is 624. The Morgan fingerprint density at radius 3 is 1.38 bits per heavy atom. The summed E-state index contributed by atoms with van der Waals surface area (Å²) in [6.45, 7) is 6.29. The molecule has 0 amide bonds. The van der Waals surface area contributed by atoms with Crippen molar-refractivity contribution in [3.8, 4) is 0 Å². The van der Waals surface area contributed by atoms with Crippen LogP contribution in [0, 0.1) is 0 Å². The second-order valence-electron chi connectivity index (χ2n) is 7.94. The molecule has 29 heavy (non-hydrogen) atoms. The Balaban J connectivity index is 2.00. The molecule has 0 N–H and O–H groups in total. The number of benzene rings is 2. The second kappa shape index (κ2) is 13.0. The molecule has 0 heterocycles. The summed E-state index contributed by atoms with van der Waals surface area (Å²) in [6, 6.07) is 21.6. The predicted molar refractivity (Wildman–Crippen MR) is 133 cm³/mol. The molecular weight excluding hydrogens is 416 g/mol. The van der Waals surface area contributed by atoms with E-state index in [4.69, 9.17) is 9.47 Å². The summed E-state index contributed by atoms with van der Waals surface area (Å²) in [5.74, 6) is 0. The minimum atomic E-state index is 0.129. The number of hydrogen-bond donors (Lipinski definition) is 0. The lowest BCUT2D eigenvalue weighted by Gasteiger charge is -2.32. The number of hydrogen-bond acceptors (Lipinski definition) is 5. The maximum absolute atomic E-state index is 5.41. The van der Waals surface area contributed by atoms with E-state index in [-0.39, 0.29) is 9.49 Å². The molecule has 0 bridgehead atoms. The summed E-state index contributed by atoms with van der Waals surface area (Å²) >= 11 is 0. The molecule has 2 nitrogen and oxygen atoms in total. The summed E-state index contributed by atoms with van der Waals surface area (Å²) in [5.41, 5.74) is 2.77. The fourth-order valence-corrected chi connectivity index (χ4v) is 9.54. The molecule has 0 radical (unpaired) electrons. The Kier molecular flexibility index (Phi) is 11.0. The van der Waals surface area contributed by atoms with E-state index < -0.39 is 0 Å². The van der Waals surface area contributed by atoms with Crippen LogP contribution in [0.2, 0.25) is 0 Å². The molecule has 2 unspecified atom stereocenters. The van der Waals surface area contributed by atoms with Crippen LogP contribution in [-0.2, 0) is 22.3 Å². The highest BCUT2D eigenvalue weighted by molar-refractivity contribution is 9.09. The van der Waals surface area contributed by atoms with Crippen LogP contribution in [0.25, 0.3) is 0 Å². The zero-order valence-electron chi connectivity index (χ0n) is 18.1. The average Bonchev–Trinajstić information content (AvgIpc) is 2.72. The van der Waals surface area contributed by atoms with E-state index in [1.807, 2.05) is 31.4 Å². The highest BCUT2D eigenvalue weighted by Gasteiger charge is 2.30. The van der Waals surface area contributed by atoms with E-state index in [0.717, 1.165) is 38.9 Å². The highest BCUT2D eigenvalue weighted by atomic mass is 33.5. The summed E-state index contributed by atoms with van der Waals surface area (Å²) in [6.07, 6.45) is 4.15. The zero-order valence-corrected chi connectivity index (χ0v) is 20.5. The molecule has 2 rings (SSSR count). The Labute approximate surface area is 188 Å². The van der Waals surface area contributed by atoms with Gasteiger partial charge in [-0.2, -0.15) is 0 Å². The van der Waals surface area contributed by atoms with Crippen LogP contribution in [0.3, 0.4) is 0 Å².